The first-order chi connectivity index (χ1) is 17.4. The van der Waals surface area contributed by atoms with Crippen molar-refractivity contribution in [2.45, 2.75) is 19.9 Å². The molecule has 36 heavy (non-hydrogen) atoms. The van der Waals surface area contributed by atoms with E-state index < -0.39 is 0 Å². The van der Waals surface area contributed by atoms with Gasteiger partial charge >= 0.3 is 0 Å². The van der Waals surface area contributed by atoms with Gasteiger partial charge in [0, 0.05) is 61.6 Å². The zero-order chi connectivity index (χ0) is 25.1. The Morgan fingerprint density at radius 3 is 2.50 bits per heavy atom. The van der Waals surface area contributed by atoms with Crippen LogP contribution in [0.25, 0.3) is 0 Å². The number of hydrogen-bond acceptors (Lipinski definition) is 5. The second-order valence-electron chi connectivity index (χ2n) is 9.64. The number of fused-ring (bicyclic) bond motifs is 1. The number of piperazine rings is 1. The molecule has 7 nitrogen and oxygen atoms in total. The molecule has 5 rings (SSSR count). The highest BCUT2D eigenvalue weighted by Gasteiger charge is 2.17. The van der Waals surface area contributed by atoms with Crippen molar-refractivity contribution in [2.75, 3.05) is 50.5 Å². The molecule has 0 radical (unpaired) electrons. The molecule has 1 saturated heterocycles. The fourth-order valence-electron chi connectivity index (χ4n) is 4.64. The molecular formula is C29H32N4O3. The third-order valence-corrected chi connectivity index (χ3v) is 6.89. The van der Waals surface area contributed by atoms with E-state index in [9.17, 15) is 9.59 Å². The summed E-state index contributed by atoms with van der Waals surface area (Å²) in [7, 11) is 2.15. The minimum absolute atomic E-state index is 0.166. The number of benzene rings is 3. The number of nitrogens with one attached hydrogen (secondary N) is 2. The van der Waals surface area contributed by atoms with Crippen LogP contribution in [0.2, 0.25) is 0 Å². The van der Waals surface area contributed by atoms with Crippen molar-refractivity contribution < 1.29 is 14.3 Å². The summed E-state index contributed by atoms with van der Waals surface area (Å²) in [5.74, 6) is 0.488. The molecule has 0 saturated carbocycles. The lowest BCUT2D eigenvalue weighted by molar-refractivity contribution is 0.101. The summed E-state index contributed by atoms with van der Waals surface area (Å²) < 4.78 is 5.53. The van der Waals surface area contributed by atoms with Crippen LogP contribution in [0, 0.1) is 6.92 Å². The standard InChI is InChI=1S/C29H32N4O3/c1-20-6-8-25(30-28(34)24-7-9-27-22(17-24)10-15-36-27)18-26(20)31-29(35)23-5-3-4-21(16-23)19-33-13-11-32(2)12-14-33/h3-9,16-18H,10-15,19H2,1-2H3,(H,30,34)(H,31,35). The summed E-state index contributed by atoms with van der Waals surface area (Å²) in [6.45, 7) is 7.62. The normalized spacial score (nSPS) is 15.7. The minimum atomic E-state index is -0.192. The summed E-state index contributed by atoms with van der Waals surface area (Å²) in [6, 6.07) is 18.8. The summed E-state index contributed by atoms with van der Waals surface area (Å²) in [4.78, 5) is 30.7. The number of likely N-dealkylation sites (N-methyl/N-ethyl adjacent to an activating group) is 1. The van der Waals surface area contributed by atoms with Gasteiger partial charge in [-0.1, -0.05) is 18.2 Å². The second-order valence-corrected chi connectivity index (χ2v) is 9.64. The lowest BCUT2D eigenvalue weighted by Crippen LogP contribution is -2.43. The van der Waals surface area contributed by atoms with E-state index in [1.54, 1.807) is 12.1 Å². The number of aryl methyl sites for hydroxylation is 1. The third-order valence-electron chi connectivity index (χ3n) is 6.89. The number of hydrogen-bond donors (Lipinski definition) is 2. The molecule has 2 amide bonds. The van der Waals surface area contributed by atoms with Crippen LogP contribution in [0.1, 0.15) is 37.4 Å². The zero-order valence-electron chi connectivity index (χ0n) is 20.8. The molecule has 0 bridgehead atoms. The molecule has 0 aromatic heterocycles. The Balaban J connectivity index is 1.25. The van der Waals surface area contributed by atoms with E-state index in [1.165, 1.54) is 0 Å². The van der Waals surface area contributed by atoms with Crippen LogP contribution in [-0.4, -0.2) is 61.4 Å². The monoisotopic (exact) mass is 484 g/mol. The maximum absolute atomic E-state index is 13.1. The number of carbonyl (C=O) groups excluding carboxylic acids is 2. The number of amides is 2. The van der Waals surface area contributed by atoms with E-state index in [-0.39, 0.29) is 11.8 Å². The van der Waals surface area contributed by atoms with Gasteiger partial charge in [-0.2, -0.15) is 0 Å². The summed E-state index contributed by atoms with van der Waals surface area (Å²) in [6.07, 6.45) is 0.813. The van der Waals surface area contributed by atoms with E-state index >= 15 is 0 Å². The Labute approximate surface area is 212 Å². The number of anilines is 2. The van der Waals surface area contributed by atoms with Gasteiger partial charge in [0.05, 0.1) is 6.61 Å². The maximum atomic E-state index is 13.1. The molecule has 0 aliphatic carbocycles. The largest absolute Gasteiger partial charge is 0.493 e. The number of ether oxygens (including phenoxy) is 1. The molecule has 0 atom stereocenters. The Kier molecular flexibility index (Phi) is 7.02. The van der Waals surface area contributed by atoms with Crippen LogP contribution < -0.4 is 15.4 Å². The molecular weight excluding hydrogens is 452 g/mol. The molecule has 0 unspecified atom stereocenters. The van der Waals surface area contributed by atoms with Crippen molar-refractivity contribution in [2.24, 2.45) is 0 Å². The predicted octanol–water partition coefficient (Wildman–Crippen LogP) is 4.18. The fraction of sp³-hybridized carbons (Fsp3) is 0.310. The average molecular weight is 485 g/mol. The lowest BCUT2D eigenvalue weighted by atomic mass is 10.1. The first-order valence-electron chi connectivity index (χ1n) is 12.4. The highest BCUT2D eigenvalue weighted by molar-refractivity contribution is 6.07. The third kappa shape index (κ3) is 5.58. The van der Waals surface area contributed by atoms with Gasteiger partial charge in [0.25, 0.3) is 11.8 Å². The van der Waals surface area contributed by atoms with E-state index in [2.05, 4.69) is 33.5 Å². The van der Waals surface area contributed by atoms with Crippen molar-refractivity contribution in [1.82, 2.24) is 9.80 Å². The van der Waals surface area contributed by atoms with Crippen LogP contribution in [0.15, 0.2) is 60.7 Å². The number of rotatable bonds is 6. The van der Waals surface area contributed by atoms with Gasteiger partial charge in [0.1, 0.15) is 5.75 Å². The van der Waals surface area contributed by atoms with Crippen LogP contribution >= 0.6 is 0 Å². The van der Waals surface area contributed by atoms with E-state index in [0.717, 1.165) is 61.6 Å². The SMILES string of the molecule is Cc1ccc(NC(=O)c2ccc3c(c2)CCO3)cc1NC(=O)c1cccc(CN2CCN(C)CC2)c1. The molecule has 3 aromatic carbocycles. The Bertz CT molecular complexity index is 1280. The fourth-order valence-corrected chi connectivity index (χ4v) is 4.64. The van der Waals surface area contributed by atoms with Crippen molar-refractivity contribution in [3.8, 4) is 5.75 Å². The molecule has 2 N–H and O–H groups in total. The van der Waals surface area contributed by atoms with E-state index in [0.29, 0.717) is 29.1 Å². The first kappa shape index (κ1) is 24.0. The molecule has 3 aromatic rings. The second kappa shape index (κ2) is 10.5. The topological polar surface area (TPSA) is 73.9 Å². The summed E-state index contributed by atoms with van der Waals surface area (Å²) >= 11 is 0. The van der Waals surface area contributed by atoms with Crippen molar-refractivity contribution in [3.05, 3.63) is 88.5 Å². The lowest BCUT2D eigenvalue weighted by Gasteiger charge is -2.32. The van der Waals surface area contributed by atoms with Crippen LogP contribution in [0.4, 0.5) is 11.4 Å². The van der Waals surface area contributed by atoms with Gasteiger partial charge in [-0.3, -0.25) is 14.5 Å². The minimum Gasteiger partial charge on any atom is -0.493 e. The van der Waals surface area contributed by atoms with Crippen molar-refractivity contribution >= 4 is 23.2 Å². The molecule has 2 aliphatic rings. The van der Waals surface area contributed by atoms with Gasteiger partial charge in [-0.05, 0) is 73.1 Å². The quantitative estimate of drug-likeness (QED) is 0.549. The Hall–Kier alpha value is -3.68. The van der Waals surface area contributed by atoms with Crippen LogP contribution in [0.5, 0.6) is 5.75 Å². The van der Waals surface area contributed by atoms with Gasteiger partial charge in [-0.15, -0.1) is 0 Å². The van der Waals surface area contributed by atoms with Crippen LogP contribution in [0.3, 0.4) is 0 Å². The summed E-state index contributed by atoms with van der Waals surface area (Å²) in [5, 5.41) is 5.97. The van der Waals surface area contributed by atoms with Crippen molar-refractivity contribution in [3.63, 3.8) is 0 Å². The summed E-state index contributed by atoms with van der Waals surface area (Å²) in [5.41, 5.74) is 5.60. The molecule has 2 aliphatic heterocycles. The van der Waals surface area contributed by atoms with Crippen LogP contribution in [-0.2, 0) is 13.0 Å². The average Bonchev–Trinajstić information content (AvgIpc) is 3.36. The molecule has 2 heterocycles. The Morgan fingerprint density at radius 2 is 1.67 bits per heavy atom. The number of nitrogens with zero attached hydrogens (tertiary/aromatic N) is 2. The smallest absolute Gasteiger partial charge is 0.255 e. The molecule has 1 fully saturated rings. The zero-order valence-corrected chi connectivity index (χ0v) is 20.8. The first-order valence-corrected chi connectivity index (χ1v) is 12.4. The van der Waals surface area contributed by atoms with Crippen molar-refractivity contribution in [1.29, 1.82) is 0 Å². The van der Waals surface area contributed by atoms with Gasteiger partial charge in [0.2, 0.25) is 0 Å². The van der Waals surface area contributed by atoms with Gasteiger partial charge < -0.3 is 20.3 Å². The predicted molar refractivity (Wildman–Crippen MR) is 142 cm³/mol. The molecule has 186 valence electrons. The number of carbonyl (C=O) groups is 2. The van der Waals surface area contributed by atoms with E-state index in [4.69, 9.17) is 4.74 Å². The maximum Gasteiger partial charge on any atom is 0.255 e. The highest BCUT2D eigenvalue weighted by atomic mass is 16.5. The van der Waals surface area contributed by atoms with Gasteiger partial charge in [-0.25, -0.2) is 0 Å². The molecule has 0 spiro atoms. The Morgan fingerprint density at radius 1 is 0.889 bits per heavy atom. The van der Waals surface area contributed by atoms with Gasteiger partial charge in [0.15, 0.2) is 0 Å². The van der Waals surface area contributed by atoms with E-state index in [1.807, 2.05) is 49.4 Å². The molecule has 7 heteroatoms. The highest BCUT2D eigenvalue weighted by Crippen LogP contribution is 2.27.